The molecule has 0 aliphatic carbocycles. The molecule has 1 aliphatic rings. The summed E-state index contributed by atoms with van der Waals surface area (Å²) in [4.78, 5) is 12.0. The molecule has 0 spiro atoms. The predicted molar refractivity (Wildman–Crippen MR) is 58.1 cm³/mol. The Labute approximate surface area is 88.7 Å². The van der Waals surface area contributed by atoms with E-state index in [1.807, 2.05) is 19.9 Å². The molecule has 1 aliphatic heterocycles. The highest BCUT2D eigenvalue weighted by molar-refractivity contribution is 5.37. The van der Waals surface area contributed by atoms with Crippen molar-refractivity contribution >= 4 is 0 Å². The van der Waals surface area contributed by atoms with Gasteiger partial charge in [0.05, 0.1) is 11.7 Å². The number of rotatable bonds is 0. The molecule has 4 nitrogen and oxygen atoms in total. The van der Waals surface area contributed by atoms with E-state index in [2.05, 4.69) is 0 Å². The van der Waals surface area contributed by atoms with E-state index in [1.54, 1.807) is 11.6 Å². The van der Waals surface area contributed by atoms with E-state index in [0.717, 1.165) is 5.69 Å². The van der Waals surface area contributed by atoms with E-state index in [1.165, 1.54) is 0 Å². The van der Waals surface area contributed by atoms with E-state index >= 15 is 0 Å². The smallest absolute Gasteiger partial charge is 0.259 e. The molecule has 2 heterocycles. The summed E-state index contributed by atoms with van der Waals surface area (Å²) in [5, 5.41) is 0. The molecule has 0 radical (unpaired) electrons. The Morgan fingerprint density at radius 1 is 1.60 bits per heavy atom. The second kappa shape index (κ2) is 3.38. The van der Waals surface area contributed by atoms with Crippen molar-refractivity contribution in [2.45, 2.75) is 32.4 Å². The van der Waals surface area contributed by atoms with Crippen LogP contribution in [0.2, 0.25) is 0 Å². The molecule has 2 unspecified atom stereocenters. The van der Waals surface area contributed by atoms with Crippen LogP contribution in [0.15, 0.2) is 10.9 Å². The third kappa shape index (κ3) is 1.55. The van der Waals surface area contributed by atoms with Gasteiger partial charge in [-0.15, -0.1) is 0 Å². The van der Waals surface area contributed by atoms with Gasteiger partial charge in [-0.05, 0) is 19.9 Å². The molecule has 2 N–H and O–H groups in total. The predicted octanol–water partition coefficient (Wildman–Crippen LogP) is 0.865. The van der Waals surface area contributed by atoms with Crippen molar-refractivity contribution in [2.75, 3.05) is 0 Å². The number of fused-ring (bicyclic) bond motifs is 1. The SMILES string of the molecule is Cc1cc2c(c(=O)n1C)C(N)CC(C)O2. The van der Waals surface area contributed by atoms with Gasteiger partial charge >= 0.3 is 0 Å². The number of nitrogens with zero attached hydrogens (tertiary/aromatic N) is 1. The number of aromatic nitrogens is 1. The zero-order chi connectivity index (χ0) is 11.2. The highest BCUT2D eigenvalue weighted by Gasteiger charge is 2.26. The van der Waals surface area contributed by atoms with Gasteiger partial charge in [-0.1, -0.05) is 0 Å². The third-order valence-electron chi connectivity index (χ3n) is 2.95. The second-order valence-electron chi connectivity index (χ2n) is 4.20. The van der Waals surface area contributed by atoms with Crippen LogP contribution in [-0.4, -0.2) is 10.7 Å². The van der Waals surface area contributed by atoms with Gasteiger partial charge in [0.15, 0.2) is 0 Å². The van der Waals surface area contributed by atoms with E-state index < -0.39 is 0 Å². The molecular formula is C11H16N2O2. The lowest BCUT2D eigenvalue weighted by atomic mass is 9.99. The largest absolute Gasteiger partial charge is 0.490 e. The quantitative estimate of drug-likeness (QED) is 0.688. The number of hydrogen-bond donors (Lipinski definition) is 1. The minimum atomic E-state index is -0.206. The average Bonchev–Trinajstić information content (AvgIpc) is 2.13. The lowest BCUT2D eigenvalue weighted by Gasteiger charge is -2.28. The number of pyridine rings is 1. The van der Waals surface area contributed by atoms with Crippen LogP contribution in [0.1, 0.15) is 30.6 Å². The van der Waals surface area contributed by atoms with Gasteiger partial charge in [-0.3, -0.25) is 4.79 Å². The molecule has 1 aromatic heterocycles. The van der Waals surface area contributed by atoms with E-state index in [0.29, 0.717) is 17.7 Å². The maximum absolute atomic E-state index is 12.0. The van der Waals surface area contributed by atoms with Gasteiger partial charge in [0, 0.05) is 25.2 Å². The molecule has 0 amide bonds. The van der Waals surface area contributed by atoms with Crippen molar-refractivity contribution in [3.05, 3.63) is 27.7 Å². The molecule has 15 heavy (non-hydrogen) atoms. The van der Waals surface area contributed by atoms with Crippen LogP contribution in [0.25, 0.3) is 0 Å². The summed E-state index contributed by atoms with van der Waals surface area (Å²) in [5.74, 6) is 0.654. The van der Waals surface area contributed by atoms with Crippen LogP contribution in [-0.2, 0) is 7.05 Å². The zero-order valence-corrected chi connectivity index (χ0v) is 9.28. The van der Waals surface area contributed by atoms with Crippen molar-refractivity contribution < 1.29 is 4.74 Å². The van der Waals surface area contributed by atoms with Crippen LogP contribution >= 0.6 is 0 Å². The average molecular weight is 208 g/mol. The maximum Gasteiger partial charge on any atom is 0.259 e. The standard InChI is InChI=1S/C11H16N2O2/c1-6-4-9-10(11(14)13(6)3)8(12)5-7(2)15-9/h4,7-8H,5,12H2,1-3H3. The zero-order valence-electron chi connectivity index (χ0n) is 9.28. The van der Waals surface area contributed by atoms with Gasteiger partial charge in [0.1, 0.15) is 5.75 Å². The van der Waals surface area contributed by atoms with Crippen LogP contribution in [0.3, 0.4) is 0 Å². The molecule has 0 saturated carbocycles. The molecule has 82 valence electrons. The summed E-state index contributed by atoms with van der Waals surface area (Å²) < 4.78 is 7.23. The maximum atomic E-state index is 12.0. The Kier molecular flexibility index (Phi) is 2.31. The number of nitrogens with two attached hydrogens (primary N) is 1. The molecule has 2 atom stereocenters. The summed E-state index contributed by atoms with van der Waals surface area (Å²) in [6, 6.07) is 1.68. The second-order valence-corrected chi connectivity index (χ2v) is 4.20. The number of aryl methyl sites for hydroxylation is 1. The lowest BCUT2D eigenvalue weighted by molar-refractivity contribution is 0.175. The minimum Gasteiger partial charge on any atom is -0.490 e. The summed E-state index contributed by atoms with van der Waals surface area (Å²) >= 11 is 0. The molecule has 2 rings (SSSR count). The van der Waals surface area contributed by atoms with Gasteiger partial charge in [-0.2, -0.15) is 0 Å². The Hall–Kier alpha value is -1.29. The first-order valence-electron chi connectivity index (χ1n) is 5.13. The monoisotopic (exact) mass is 208 g/mol. The lowest BCUT2D eigenvalue weighted by Crippen LogP contribution is -2.35. The van der Waals surface area contributed by atoms with Crippen LogP contribution in [0, 0.1) is 6.92 Å². The van der Waals surface area contributed by atoms with Gasteiger partial charge < -0.3 is 15.0 Å². The van der Waals surface area contributed by atoms with Crippen LogP contribution in [0.5, 0.6) is 5.75 Å². The molecule has 0 aromatic carbocycles. The molecule has 0 bridgehead atoms. The third-order valence-corrected chi connectivity index (χ3v) is 2.95. The first-order valence-corrected chi connectivity index (χ1v) is 5.13. The Morgan fingerprint density at radius 3 is 2.93 bits per heavy atom. The fourth-order valence-corrected chi connectivity index (χ4v) is 1.99. The highest BCUT2D eigenvalue weighted by Crippen LogP contribution is 2.30. The van der Waals surface area contributed by atoms with Gasteiger partial charge in [-0.25, -0.2) is 0 Å². The van der Waals surface area contributed by atoms with Crippen LogP contribution < -0.4 is 16.0 Å². The number of ether oxygens (including phenoxy) is 1. The molecule has 1 aromatic rings. The van der Waals surface area contributed by atoms with Crippen molar-refractivity contribution in [2.24, 2.45) is 12.8 Å². The molecule has 0 fully saturated rings. The van der Waals surface area contributed by atoms with Crippen molar-refractivity contribution in [1.29, 1.82) is 0 Å². The minimum absolute atomic E-state index is 0.0376. The van der Waals surface area contributed by atoms with Crippen molar-refractivity contribution in [3.63, 3.8) is 0 Å². The Balaban J connectivity index is 2.66. The van der Waals surface area contributed by atoms with E-state index in [4.69, 9.17) is 10.5 Å². The summed E-state index contributed by atoms with van der Waals surface area (Å²) in [7, 11) is 1.75. The molecule has 0 saturated heterocycles. The fourth-order valence-electron chi connectivity index (χ4n) is 1.99. The van der Waals surface area contributed by atoms with E-state index in [-0.39, 0.29) is 17.7 Å². The Morgan fingerprint density at radius 2 is 2.27 bits per heavy atom. The summed E-state index contributed by atoms with van der Waals surface area (Å²) in [6.07, 6.45) is 0.782. The highest BCUT2D eigenvalue weighted by atomic mass is 16.5. The van der Waals surface area contributed by atoms with Crippen molar-refractivity contribution in [1.82, 2.24) is 4.57 Å². The number of hydrogen-bond acceptors (Lipinski definition) is 3. The molecule has 4 heteroatoms. The first kappa shape index (κ1) is 10.2. The summed E-state index contributed by atoms with van der Waals surface area (Å²) in [5.41, 5.74) is 7.43. The van der Waals surface area contributed by atoms with Crippen molar-refractivity contribution in [3.8, 4) is 5.75 Å². The molecular weight excluding hydrogens is 192 g/mol. The fraction of sp³-hybridized carbons (Fsp3) is 0.545. The first-order chi connectivity index (χ1) is 7.00. The topological polar surface area (TPSA) is 57.2 Å². The van der Waals surface area contributed by atoms with Gasteiger partial charge in [0.2, 0.25) is 0 Å². The van der Waals surface area contributed by atoms with Crippen LogP contribution in [0.4, 0.5) is 0 Å². The Bertz CT molecular complexity index is 451. The van der Waals surface area contributed by atoms with E-state index in [9.17, 15) is 4.79 Å². The normalized spacial score (nSPS) is 24.5. The summed E-state index contributed by atoms with van der Waals surface area (Å²) in [6.45, 7) is 3.85. The van der Waals surface area contributed by atoms with Gasteiger partial charge in [0.25, 0.3) is 5.56 Å².